The van der Waals surface area contributed by atoms with Crippen molar-refractivity contribution < 1.29 is 9.18 Å². The van der Waals surface area contributed by atoms with E-state index in [2.05, 4.69) is 21.2 Å². The molecule has 0 spiro atoms. The molecule has 1 rings (SSSR count). The first-order valence-corrected chi connectivity index (χ1v) is 6.33. The summed E-state index contributed by atoms with van der Waals surface area (Å²) in [6.45, 7) is 3.76. The summed E-state index contributed by atoms with van der Waals surface area (Å²) >= 11 is 3.30. The van der Waals surface area contributed by atoms with Gasteiger partial charge in [-0.3, -0.25) is 4.79 Å². The molecule has 1 aromatic carbocycles. The Morgan fingerprint density at radius 2 is 2.25 bits per heavy atom. The lowest BCUT2D eigenvalue weighted by atomic mass is 10.1. The van der Waals surface area contributed by atoms with Crippen molar-refractivity contribution in [2.75, 3.05) is 5.33 Å². The van der Waals surface area contributed by atoms with Gasteiger partial charge < -0.3 is 5.32 Å². The van der Waals surface area contributed by atoms with Gasteiger partial charge in [0.15, 0.2) is 0 Å². The van der Waals surface area contributed by atoms with Crippen LogP contribution in [0.25, 0.3) is 0 Å². The number of halogens is 2. The molecule has 1 aromatic rings. The molecular weight excluding hydrogens is 273 g/mol. The van der Waals surface area contributed by atoms with E-state index in [1.807, 2.05) is 6.92 Å². The fourth-order valence-corrected chi connectivity index (χ4v) is 1.94. The largest absolute Gasteiger partial charge is 0.348 e. The molecule has 0 aromatic heterocycles. The van der Waals surface area contributed by atoms with Gasteiger partial charge in [0.1, 0.15) is 5.82 Å². The van der Waals surface area contributed by atoms with E-state index in [-0.39, 0.29) is 17.5 Å². The smallest absolute Gasteiger partial charge is 0.254 e. The van der Waals surface area contributed by atoms with Crippen molar-refractivity contribution in [1.29, 1.82) is 0 Å². The third-order valence-corrected chi connectivity index (χ3v) is 3.17. The average Bonchev–Trinajstić information content (AvgIpc) is 2.25. The number of carbonyl (C=O) groups excluding carboxylic acids is 1. The summed E-state index contributed by atoms with van der Waals surface area (Å²) in [6.07, 6.45) is 0.810. The lowest BCUT2D eigenvalue weighted by Gasteiger charge is -2.14. The molecule has 0 bridgehead atoms. The molecule has 4 heteroatoms. The third kappa shape index (κ3) is 3.30. The lowest BCUT2D eigenvalue weighted by molar-refractivity contribution is 0.0936. The Balaban J connectivity index is 2.80. The number of carbonyl (C=O) groups is 1. The van der Waals surface area contributed by atoms with E-state index in [0.717, 1.165) is 12.0 Å². The second-order valence-corrected chi connectivity index (χ2v) is 4.36. The van der Waals surface area contributed by atoms with Gasteiger partial charge in [0, 0.05) is 11.4 Å². The number of hydrogen-bond donors (Lipinski definition) is 1. The van der Waals surface area contributed by atoms with Crippen LogP contribution in [0.1, 0.15) is 29.3 Å². The molecular formula is C12H15BrFNO. The molecule has 1 atom stereocenters. The fraction of sp³-hybridized carbons (Fsp3) is 0.417. The molecule has 1 N–H and O–H groups in total. The number of amides is 1. The van der Waals surface area contributed by atoms with E-state index >= 15 is 0 Å². The average molecular weight is 288 g/mol. The number of hydrogen-bond acceptors (Lipinski definition) is 1. The summed E-state index contributed by atoms with van der Waals surface area (Å²) in [4.78, 5) is 11.7. The predicted molar refractivity (Wildman–Crippen MR) is 66.5 cm³/mol. The van der Waals surface area contributed by atoms with Crippen LogP contribution in [0.4, 0.5) is 4.39 Å². The van der Waals surface area contributed by atoms with Crippen molar-refractivity contribution in [3.63, 3.8) is 0 Å². The van der Waals surface area contributed by atoms with Gasteiger partial charge in [0.05, 0.1) is 5.56 Å². The molecule has 0 aliphatic rings. The SMILES string of the molecule is CCC(CBr)NC(=O)c1ccc(C)cc1F. The maximum atomic E-state index is 13.5. The first-order valence-electron chi connectivity index (χ1n) is 5.21. The molecule has 0 aliphatic carbocycles. The summed E-state index contributed by atoms with van der Waals surface area (Å²) in [7, 11) is 0. The maximum absolute atomic E-state index is 13.5. The zero-order valence-electron chi connectivity index (χ0n) is 9.39. The molecule has 1 amide bonds. The minimum atomic E-state index is -0.470. The van der Waals surface area contributed by atoms with Crippen LogP contribution in [0.15, 0.2) is 18.2 Å². The van der Waals surface area contributed by atoms with E-state index in [1.54, 1.807) is 13.0 Å². The lowest BCUT2D eigenvalue weighted by Crippen LogP contribution is -2.35. The summed E-state index contributed by atoms with van der Waals surface area (Å²) in [5.41, 5.74) is 0.909. The molecule has 0 saturated heterocycles. The van der Waals surface area contributed by atoms with Crippen LogP contribution in [-0.2, 0) is 0 Å². The minimum Gasteiger partial charge on any atom is -0.348 e. The van der Waals surface area contributed by atoms with Gasteiger partial charge in [-0.25, -0.2) is 4.39 Å². The van der Waals surface area contributed by atoms with E-state index in [1.165, 1.54) is 12.1 Å². The van der Waals surface area contributed by atoms with Crippen molar-refractivity contribution in [2.24, 2.45) is 0 Å². The van der Waals surface area contributed by atoms with Gasteiger partial charge in [-0.15, -0.1) is 0 Å². The van der Waals surface area contributed by atoms with Gasteiger partial charge in [-0.2, -0.15) is 0 Å². The van der Waals surface area contributed by atoms with Crippen molar-refractivity contribution in [3.05, 3.63) is 35.1 Å². The van der Waals surface area contributed by atoms with E-state index < -0.39 is 5.82 Å². The zero-order valence-corrected chi connectivity index (χ0v) is 11.0. The van der Waals surface area contributed by atoms with Gasteiger partial charge >= 0.3 is 0 Å². The predicted octanol–water partition coefficient (Wildman–Crippen LogP) is 3.04. The highest BCUT2D eigenvalue weighted by Gasteiger charge is 2.14. The summed E-state index contributed by atoms with van der Waals surface area (Å²) in [5.74, 6) is -0.828. The minimum absolute atomic E-state index is 0.0354. The quantitative estimate of drug-likeness (QED) is 0.848. The Bertz CT molecular complexity index is 377. The fourth-order valence-electron chi connectivity index (χ4n) is 1.32. The van der Waals surface area contributed by atoms with Crippen LogP contribution in [0.5, 0.6) is 0 Å². The normalized spacial score (nSPS) is 12.2. The molecule has 1 unspecified atom stereocenters. The molecule has 16 heavy (non-hydrogen) atoms. The van der Waals surface area contributed by atoms with Gasteiger partial charge in [0.2, 0.25) is 0 Å². The summed E-state index contributed by atoms with van der Waals surface area (Å²) in [5, 5.41) is 3.44. The van der Waals surface area contributed by atoms with Crippen LogP contribution < -0.4 is 5.32 Å². The number of benzene rings is 1. The molecule has 2 nitrogen and oxygen atoms in total. The highest BCUT2D eigenvalue weighted by Crippen LogP contribution is 2.10. The Labute approximate surface area is 103 Å². The topological polar surface area (TPSA) is 29.1 Å². The van der Waals surface area contributed by atoms with Crippen molar-refractivity contribution in [3.8, 4) is 0 Å². The van der Waals surface area contributed by atoms with Crippen molar-refractivity contribution in [1.82, 2.24) is 5.32 Å². The van der Waals surface area contributed by atoms with Crippen molar-refractivity contribution in [2.45, 2.75) is 26.3 Å². The van der Waals surface area contributed by atoms with Gasteiger partial charge in [0.25, 0.3) is 5.91 Å². The highest BCUT2D eigenvalue weighted by molar-refractivity contribution is 9.09. The molecule has 88 valence electrons. The van der Waals surface area contributed by atoms with Crippen molar-refractivity contribution >= 4 is 21.8 Å². The first kappa shape index (κ1) is 13.2. The van der Waals surface area contributed by atoms with Crippen LogP contribution in [0, 0.1) is 12.7 Å². The molecule has 0 radical (unpaired) electrons. The van der Waals surface area contributed by atoms with Crippen LogP contribution in [-0.4, -0.2) is 17.3 Å². The maximum Gasteiger partial charge on any atom is 0.254 e. The second-order valence-electron chi connectivity index (χ2n) is 3.72. The Kier molecular flexibility index (Phi) is 4.93. The third-order valence-electron chi connectivity index (χ3n) is 2.38. The number of alkyl halides is 1. The molecule has 0 fully saturated rings. The van der Waals surface area contributed by atoms with Gasteiger partial charge in [-0.1, -0.05) is 28.9 Å². The highest BCUT2D eigenvalue weighted by atomic mass is 79.9. The first-order chi connectivity index (χ1) is 7.58. The number of rotatable bonds is 4. The Morgan fingerprint density at radius 1 is 1.56 bits per heavy atom. The standard InChI is InChI=1S/C12H15BrFNO/c1-3-9(7-13)15-12(16)10-5-4-8(2)6-11(10)14/h4-6,9H,3,7H2,1-2H3,(H,15,16). The second kappa shape index (κ2) is 5.99. The van der Waals surface area contributed by atoms with Crippen LogP contribution in [0.2, 0.25) is 0 Å². The van der Waals surface area contributed by atoms with Gasteiger partial charge in [-0.05, 0) is 31.0 Å². The van der Waals surface area contributed by atoms with E-state index in [4.69, 9.17) is 0 Å². The molecule has 0 aliphatic heterocycles. The Morgan fingerprint density at radius 3 is 2.75 bits per heavy atom. The number of nitrogens with one attached hydrogen (secondary N) is 1. The number of aryl methyl sites for hydroxylation is 1. The van der Waals surface area contributed by atoms with E-state index in [0.29, 0.717) is 5.33 Å². The van der Waals surface area contributed by atoms with Crippen LogP contribution in [0.3, 0.4) is 0 Å². The van der Waals surface area contributed by atoms with E-state index in [9.17, 15) is 9.18 Å². The molecule has 0 heterocycles. The summed E-state index contributed by atoms with van der Waals surface area (Å²) < 4.78 is 13.5. The molecule has 0 saturated carbocycles. The summed E-state index contributed by atoms with van der Waals surface area (Å²) in [6, 6.07) is 4.64. The van der Waals surface area contributed by atoms with Crippen LogP contribution >= 0.6 is 15.9 Å². The zero-order chi connectivity index (χ0) is 12.1. The monoisotopic (exact) mass is 287 g/mol. The Hall–Kier alpha value is -0.900.